The summed E-state index contributed by atoms with van der Waals surface area (Å²) in [6.45, 7) is 9.38. The van der Waals surface area contributed by atoms with Crippen LogP contribution in [0.5, 0.6) is 5.75 Å². The van der Waals surface area contributed by atoms with E-state index in [2.05, 4.69) is 10.3 Å². The van der Waals surface area contributed by atoms with Crippen molar-refractivity contribution in [3.63, 3.8) is 0 Å². The van der Waals surface area contributed by atoms with E-state index < -0.39 is 6.10 Å². The van der Waals surface area contributed by atoms with Crippen molar-refractivity contribution in [2.45, 2.75) is 40.7 Å². The molecule has 0 radical (unpaired) electrons. The fourth-order valence-corrected chi connectivity index (χ4v) is 2.54. The van der Waals surface area contributed by atoms with Crippen LogP contribution in [0.3, 0.4) is 0 Å². The molecule has 1 heterocycles. The van der Waals surface area contributed by atoms with Gasteiger partial charge in [0.1, 0.15) is 5.75 Å². The van der Waals surface area contributed by atoms with Gasteiger partial charge in [0.15, 0.2) is 6.10 Å². The number of aromatic nitrogens is 1. The van der Waals surface area contributed by atoms with Gasteiger partial charge in [-0.05, 0) is 63.9 Å². The van der Waals surface area contributed by atoms with Gasteiger partial charge in [0.2, 0.25) is 0 Å². The first-order chi connectivity index (χ1) is 10.8. The fourth-order valence-electron chi connectivity index (χ4n) is 2.38. The van der Waals surface area contributed by atoms with Gasteiger partial charge in [0.25, 0.3) is 5.91 Å². The molecule has 0 saturated carbocycles. The second kappa shape index (κ2) is 7.01. The average molecular weight is 333 g/mol. The molecule has 2 rings (SSSR count). The lowest BCUT2D eigenvalue weighted by atomic mass is 10.1. The first-order valence-corrected chi connectivity index (χ1v) is 7.84. The van der Waals surface area contributed by atoms with Crippen LogP contribution in [-0.4, -0.2) is 17.0 Å². The summed E-state index contributed by atoms with van der Waals surface area (Å²) in [4.78, 5) is 16.8. The Balaban J connectivity index is 2.13. The van der Waals surface area contributed by atoms with Crippen LogP contribution in [0.4, 0.5) is 5.69 Å². The van der Waals surface area contributed by atoms with E-state index in [0.717, 1.165) is 28.2 Å². The minimum Gasteiger partial charge on any atom is -0.479 e. The molecule has 1 amide bonds. The molecule has 1 aromatic carbocycles. The number of amides is 1. The summed E-state index contributed by atoms with van der Waals surface area (Å²) in [7, 11) is 0. The fraction of sp³-hybridized carbons (Fsp3) is 0.333. The minimum absolute atomic E-state index is 0.237. The lowest BCUT2D eigenvalue weighted by Crippen LogP contribution is -2.31. The number of hydrogen-bond acceptors (Lipinski definition) is 3. The van der Waals surface area contributed by atoms with Crippen molar-refractivity contribution in [2.75, 3.05) is 5.32 Å². The SMILES string of the molecule is Cc1ccc(Cl)c(OC(C)C(=O)Nc2c(C)cc(C)nc2C)c1. The van der Waals surface area contributed by atoms with Gasteiger partial charge in [0, 0.05) is 5.69 Å². The highest BCUT2D eigenvalue weighted by Gasteiger charge is 2.18. The summed E-state index contributed by atoms with van der Waals surface area (Å²) in [5.74, 6) is 0.268. The zero-order chi connectivity index (χ0) is 17.1. The number of hydrogen-bond donors (Lipinski definition) is 1. The van der Waals surface area contributed by atoms with Crippen LogP contribution in [-0.2, 0) is 4.79 Å². The van der Waals surface area contributed by atoms with Crippen LogP contribution in [0.2, 0.25) is 5.02 Å². The Hall–Kier alpha value is -2.07. The number of nitrogens with one attached hydrogen (secondary N) is 1. The van der Waals surface area contributed by atoms with Crippen molar-refractivity contribution in [3.05, 3.63) is 51.8 Å². The number of carbonyl (C=O) groups excluding carboxylic acids is 1. The Labute approximate surface area is 141 Å². The number of rotatable bonds is 4. The Bertz CT molecular complexity index is 721. The molecule has 0 fully saturated rings. The molecule has 1 unspecified atom stereocenters. The maximum atomic E-state index is 12.4. The molecule has 122 valence electrons. The molecule has 23 heavy (non-hydrogen) atoms. The van der Waals surface area contributed by atoms with Crippen LogP contribution in [0, 0.1) is 27.7 Å². The van der Waals surface area contributed by atoms with E-state index in [4.69, 9.17) is 16.3 Å². The summed E-state index contributed by atoms with van der Waals surface area (Å²) in [6.07, 6.45) is -0.672. The maximum Gasteiger partial charge on any atom is 0.265 e. The molecular weight excluding hydrogens is 312 g/mol. The van der Waals surface area contributed by atoms with Crippen molar-refractivity contribution < 1.29 is 9.53 Å². The highest BCUT2D eigenvalue weighted by Crippen LogP contribution is 2.27. The Morgan fingerprint density at radius 2 is 1.91 bits per heavy atom. The molecule has 1 atom stereocenters. The number of nitrogens with zero attached hydrogens (tertiary/aromatic N) is 1. The van der Waals surface area contributed by atoms with E-state index in [9.17, 15) is 4.79 Å². The van der Waals surface area contributed by atoms with E-state index in [1.165, 1.54) is 0 Å². The summed E-state index contributed by atoms with van der Waals surface area (Å²) in [6, 6.07) is 7.40. The third-order valence-electron chi connectivity index (χ3n) is 3.53. The first-order valence-electron chi connectivity index (χ1n) is 7.46. The molecule has 5 heteroatoms. The minimum atomic E-state index is -0.672. The van der Waals surface area contributed by atoms with Gasteiger partial charge >= 0.3 is 0 Å². The molecule has 0 aliphatic rings. The number of ether oxygens (including phenoxy) is 1. The Morgan fingerprint density at radius 1 is 1.22 bits per heavy atom. The predicted molar refractivity (Wildman–Crippen MR) is 93.4 cm³/mol. The second-order valence-electron chi connectivity index (χ2n) is 5.72. The van der Waals surface area contributed by atoms with Gasteiger partial charge in [-0.2, -0.15) is 0 Å². The van der Waals surface area contributed by atoms with E-state index in [-0.39, 0.29) is 5.91 Å². The zero-order valence-electron chi connectivity index (χ0n) is 14.0. The molecule has 0 bridgehead atoms. The molecule has 2 aromatic rings. The van der Waals surface area contributed by atoms with Gasteiger partial charge in [-0.1, -0.05) is 17.7 Å². The molecule has 0 spiro atoms. The molecule has 4 nitrogen and oxygen atoms in total. The van der Waals surface area contributed by atoms with Gasteiger partial charge in [-0.3, -0.25) is 9.78 Å². The predicted octanol–water partition coefficient (Wildman–Crippen LogP) is 4.37. The van der Waals surface area contributed by atoms with Gasteiger partial charge < -0.3 is 10.1 Å². The van der Waals surface area contributed by atoms with Gasteiger partial charge in [-0.15, -0.1) is 0 Å². The molecule has 1 aromatic heterocycles. The lowest BCUT2D eigenvalue weighted by Gasteiger charge is -2.18. The van der Waals surface area contributed by atoms with Gasteiger partial charge in [-0.25, -0.2) is 0 Å². The smallest absolute Gasteiger partial charge is 0.265 e. The number of aryl methyl sites for hydroxylation is 4. The highest BCUT2D eigenvalue weighted by atomic mass is 35.5. The standard InChI is InChI=1S/C18H21ClN2O2/c1-10-6-7-15(19)16(8-10)23-14(5)18(22)21-17-11(2)9-12(3)20-13(17)4/h6-9,14H,1-5H3,(H,21,22). The van der Waals surface area contributed by atoms with Crippen LogP contribution in [0.15, 0.2) is 24.3 Å². The summed E-state index contributed by atoms with van der Waals surface area (Å²) < 4.78 is 5.70. The third-order valence-corrected chi connectivity index (χ3v) is 3.85. The van der Waals surface area contributed by atoms with E-state index in [1.807, 2.05) is 45.9 Å². The topological polar surface area (TPSA) is 51.2 Å². The van der Waals surface area contributed by atoms with Crippen LogP contribution in [0.1, 0.15) is 29.4 Å². The Morgan fingerprint density at radius 3 is 2.57 bits per heavy atom. The molecule has 1 N–H and O–H groups in total. The third kappa shape index (κ3) is 4.23. The van der Waals surface area contributed by atoms with Crippen LogP contribution in [0.25, 0.3) is 0 Å². The van der Waals surface area contributed by atoms with Gasteiger partial charge in [0.05, 0.1) is 16.4 Å². The number of halogens is 1. The van der Waals surface area contributed by atoms with Crippen molar-refractivity contribution >= 4 is 23.2 Å². The number of carbonyl (C=O) groups is 1. The number of benzene rings is 1. The zero-order valence-corrected chi connectivity index (χ0v) is 14.8. The highest BCUT2D eigenvalue weighted by molar-refractivity contribution is 6.32. The normalized spacial score (nSPS) is 11.9. The van der Waals surface area contributed by atoms with E-state index in [1.54, 1.807) is 13.0 Å². The van der Waals surface area contributed by atoms with Crippen molar-refractivity contribution in [3.8, 4) is 5.75 Å². The van der Waals surface area contributed by atoms with Crippen LogP contribution >= 0.6 is 11.6 Å². The number of pyridine rings is 1. The number of anilines is 1. The largest absolute Gasteiger partial charge is 0.479 e. The first kappa shape index (κ1) is 17.3. The molecule has 0 aliphatic heterocycles. The van der Waals surface area contributed by atoms with Crippen molar-refractivity contribution in [2.24, 2.45) is 0 Å². The van der Waals surface area contributed by atoms with Crippen molar-refractivity contribution in [1.29, 1.82) is 0 Å². The monoisotopic (exact) mass is 332 g/mol. The van der Waals surface area contributed by atoms with E-state index >= 15 is 0 Å². The summed E-state index contributed by atoms with van der Waals surface area (Å²) >= 11 is 6.11. The lowest BCUT2D eigenvalue weighted by molar-refractivity contribution is -0.122. The molecule has 0 saturated heterocycles. The molecular formula is C18H21ClN2O2. The average Bonchev–Trinajstić information content (AvgIpc) is 2.46. The van der Waals surface area contributed by atoms with E-state index in [0.29, 0.717) is 10.8 Å². The molecule has 0 aliphatic carbocycles. The maximum absolute atomic E-state index is 12.4. The summed E-state index contributed by atoms with van der Waals surface area (Å²) in [5, 5.41) is 3.38. The quantitative estimate of drug-likeness (QED) is 0.904. The Kier molecular flexibility index (Phi) is 5.26. The summed E-state index contributed by atoms with van der Waals surface area (Å²) in [5.41, 5.74) is 4.44. The van der Waals surface area contributed by atoms with Crippen LogP contribution < -0.4 is 10.1 Å². The van der Waals surface area contributed by atoms with Crippen molar-refractivity contribution in [1.82, 2.24) is 4.98 Å². The second-order valence-corrected chi connectivity index (χ2v) is 6.13.